The molecule has 5 nitrogen and oxygen atoms in total. The Labute approximate surface area is 152 Å². The third kappa shape index (κ3) is 3.81. The van der Waals surface area contributed by atoms with E-state index in [0.29, 0.717) is 11.1 Å². The second-order valence-electron chi connectivity index (χ2n) is 5.15. The first kappa shape index (κ1) is 17.4. The zero-order chi connectivity index (χ0) is 18.0. The van der Waals surface area contributed by atoms with E-state index in [1.54, 1.807) is 25.1 Å². The van der Waals surface area contributed by atoms with Crippen LogP contribution >= 0.6 is 23.2 Å². The minimum absolute atomic E-state index is 0.0613. The van der Waals surface area contributed by atoms with Crippen LogP contribution in [0.4, 0.5) is 4.39 Å². The summed E-state index contributed by atoms with van der Waals surface area (Å²) in [6, 6.07) is 9.26. The van der Waals surface area contributed by atoms with E-state index >= 15 is 0 Å². The van der Waals surface area contributed by atoms with Gasteiger partial charge in [0.1, 0.15) is 5.82 Å². The molecule has 3 aromatic rings. The molecule has 0 aliphatic carbocycles. The molecule has 1 heterocycles. The lowest BCUT2D eigenvalue weighted by molar-refractivity contribution is 0.0430. The first-order valence-electron chi connectivity index (χ1n) is 7.16. The monoisotopic (exact) mass is 380 g/mol. The van der Waals surface area contributed by atoms with Crippen molar-refractivity contribution in [3.8, 4) is 11.4 Å². The molecule has 0 spiro atoms. The van der Waals surface area contributed by atoms with Crippen LogP contribution < -0.4 is 0 Å². The highest BCUT2D eigenvalue weighted by Gasteiger charge is 2.18. The lowest BCUT2D eigenvalue weighted by atomic mass is 10.1. The number of aromatic nitrogens is 2. The molecular weight excluding hydrogens is 370 g/mol. The Morgan fingerprint density at radius 1 is 1.24 bits per heavy atom. The number of rotatable bonds is 4. The van der Waals surface area contributed by atoms with E-state index in [0.717, 1.165) is 0 Å². The minimum atomic E-state index is -0.711. The molecule has 3 rings (SSSR count). The molecule has 0 fully saturated rings. The fraction of sp³-hybridized carbons (Fsp3) is 0.118. The smallest absolute Gasteiger partial charge is 0.341 e. The van der Waals surface area contributed by atoms with Crippen LogP contribution in [0.1, 0.15) is 21.8 Å². The molecule has 128 valence electrons. The highest BCUT2D eigenvalue weighted by atomic mass is 35.5. The summed E-state index contributed by atoms with van der Waals surface area (Å²) in [5, 5.41) is 4.11. The van der Waals surface area contributed by atoms with Gasteiger partial charge >= 0.3 is 5.97 Å². The van der Waals surface area contributed by atoms with Crippen LogP contribution in [-0.4, -0.2) is 16.1 Å². The zero-order valence-electron chi connectivity index (χ0n) is 12.9. The summed E-state index contributed by atoms with van der Waals surface area (Å²) in [4.78, 5) is 16.2. The fourth-order valence-electron chi connectivity index (χ4n) is 2.05. The number of halogens is 3. The van der Waals surface area contributed by atoms with Crippen LogP contribution in [0.25, 0.3) is 11.4 Å². The van der Waals surface area contributed by atoms with Gasteiger partial charge in [-0.2, -0.15) is 4.98 Å². The normalized spacial score (nSPS) is 10.7. The van der Waals surface area contributed by atoms with Crippen molar-refractivity contribution in [2.75, 3.05) is 0 Å². The van der Waals surface area contributed by atoms with Gasteiger partial charge in [0.15, 0.2) is 6.61 Å². The number of nitrogens with zero attached hydrogens (tertiary/aromatic N) is 2. The van der Waals surface area contributed by atoms with Crippen molar-refractivity contribution in [3.63, 3.8) is 0 Å². The molecule has 1 aromatic heterocycles. The molecule has 0 atom stereocenters. The van der Waals surface area contributed by atoms with Crippen molar-refractivity contribution < 1.29 is 18.4 Å². The Balaban J connectivity index is 1.71. The van der Waals surface area contributed by atoms with Crippen LogP contribution in [-0.2, 0) is 11.3 Å². The average Bonchev–Trinajstić information content (AvgIpc) is 3.04. The topological polar surface area (TPSA) is 65.2 Å². The van der Waals surface area contributed by atoms with Crippen LogP contribution in [0.2, 0.25) is 10.0 Å². The molecule has 25 heavy (non-hydrogen) atoms. The third-order valence-electron chi connectivity index (χ3n) is 3.39. The van der Waals surface area contributed by atoms with Crippen molar-refractivity contribution in [1.29, 1.82) is 0 Å². The Bertz CT molecular complexity index is 923. The van der Waals surface area contributed by atoms with Crippen molar-refractivity contribution in [2.45, 2.75) is 13.5 Å². The maximum absolute atomic E-state index is 13.6. The van der Waals surface area contributed by atoms with Gasteiger partial charge in [-0.15, -0.1) is 0 Å². The minimum Gasteiger partial charge on any atom is -0.452 e. The summed E-state index contributed by atoms with van der Waals surface area (Å²) >= 11 is 11.9. The van der Waals surface area contributed by atoms with Gasteiger partial charge < -0.3 is 9.26 Å². The van der Waals surface area contributed by atoms with E-state index in [2.05, 4.69) is 10.1 Å². The Kier molecular flexibility index (Phi) is 5.01. The summed E-state index contributed by atoms with van der Waals surface area (Å²) in [6.45, 7) is 1.39. The number of benzene rings is 2. The molecule has 0 bridgehead atoms. The molecule has 0 saturated carbocycles. The first-order valence-corrected chi connectivity index (χ1v) is 7.91. The molecule has 0 aliphatic rings. The summed E-state index contributed by atoms with van der Waals surface area (Å²) in [5.74, 6) is -0.825. The third-order valence-corrected chi connectivity index (χ3v) is 4.02. The predicted molar refractivity (Wildman–Crippen MR) is 90.0 cm³/mol. The maximum Gasteiger partial charge on any atom is 0.341 e. The van der Waals surface area contributed by atoms with E-state index in [1.807, 2.05) is 0 Å². The van der Waals surface area contributed by atoms with Gasteiger partial charge in [0.2, 0.25) is 5.82 Å². The van der Waals surface area contributed by atoms with Gasteiger partial charge in [0.25, 0.3) is 5.89 Å². The quantitative estimate of drug-likeness (QED) is 0.605. The first-order chi connectivity index (χ1) is 12.0. The molecule has 0 radical (unpaired) electrons. The van der Waals surface area contributed by atoms with E-state index in [-0.39, 0.29) is 39.7 Å². The summed E-state index contributed by atoms with van der Waals surface area (Å²) in [7, 11) is 0. The van der Waals surface area contributed by atoms with E-state index in [1.165, 1.54) is 18.2 Å². The Hall–Kier alpha value is -2.44. The van der Waals surface area contributed by atoms with Crippen LogP contribution in [0.3, 0.4) is 0 Å². The Morgan fingerprint density at radius 3 is 2.64 bits per heavy atom. The van der Waals surface area contributed by atoms with Crippen molar-refractivity contribution >= 4 is 29.2 Å². The molecular formula is C17H11Cl2FN2O3. The second-order valence-corrected chi connectivity index (χ2v) is 5.96. The molecule has 0 aliphatic heterocycles. The van der Waals surface area contributed by atoms with Crippen LogP contribution in [0.15, 0.2) is 40.9 Å². The van der Waals surface area contributed by atoms with Gasteiger partial charge in [-0.3, -0.25) is 0 Å². The highest BCUT2D eigenvalue weighted by molar-refractivity contribution is 6.39. The van der Waals surface area contributed by atoms with Crippen molar-refractivity contribution in [2.24, 2.45) is 0 Å². The lowest BCUT2D eigenvalue weighted by Crippen LogP contribution is -2.07. The second kappa shape index (κ2) is 7.21. The largest absolute Gasteiger partial charge is 0.452 e. The molecule has 0 N–H and O–H groups in total. The highest BCUT2D eigenvalue weighted by Crippen LogP contribution is 2.25. The number of esters is 1. The molecule has 0 saturated heterocycles. The van der Waals surface area contributed by atoms with E-state index in [9.17, 15) is 9.18 Å². The van der Waals surface area contributed by atoms with Gasteiger partial charge in [0, 0.05) is 5.56 Å². The summed E-state index contributed by atoms with van der Waals surface area (Å²) in [6.07, 6.45) is 0. The number of carbonyl (C=O) groups is 1. The summed E-state index contributed by atoms with van der Waals surface area (Å²) in [5.41, 5.74) is 1.03. The van der Waals surface area contributed by atoms with Gasteiger partial charge in [-0.25, -0.2) is 9.18 Å². The molecule has 8 heteroatoms. The van der Waals surface area contributed by atoms with Gasteiger partial charge in [0.05, 0.1) is 15.6 Å². The number of ether oxygens (including phenoxy) is 1. The lowest BCUT2D eigenvalue weighted by Gasteiger charge is -2.05. The SMILES string of the molecule is Cc1ccc(-c2noc(COC(=O)c3c(Cl)cccc3Cl)n2)cc1F. The van der Waals surface area contributed by atoms with Crippen LogP contribution in [0, 0.1) is 12.7 Å². The number of aryl methyl sites for hydroxylation is 1. The summed E-state index contributed by atoms with van der Waals surface area (Å²) < 4.78 is 23.7. The number of hydrogen-bond donors (Lipinski definition) is 0. The molecule has 0 amide bonds. The van der Waals surface area contributed by atoms with E-state index in [4.69, 9.17) is 32.5 Å². The van der Waals surface area contributed by atoms with Gasteiger partial charge in [-0.05, 0) is 30.7 Å². The number of carbonyl (C=O) groups excluding carboxylic acids is 1. The van der Waals surface area contributed by atoms with E-state index < -0.39 is 5.97 Å². The molecule has 0 unspecified atom stereocenters. The average molecular weight is 381 g/mol. The van der Waals surface area contributed by atoms with Crippen molar-refractivity contribution in [1.82, 2.24) is 10.1 Å². The molecule has 2 aromatic carbocycles. The van der Waals surface area contributed by atoms with Crippen molar-refractivity contribution in [3.05, 3.63) is 69.3 Å². The predicted octanol–water partition coefficient (Wildman–Crippen LogP) is 4.85. The Morgan fingerprint density at radius 2 is 1.96 bits per heavy atom. The fourth-order valence-corrected chi connectivity index (χ4v) is 2.61. The van der Waals surface area contributed by atoms with Gasteiger partial charge in [-0.1, -0.05) is 46.6 Å². The van der Waals surface area contributed by atoms with Crippen LogP contribution in [0.5, 0.6) is 0 Å². The standard InChI is InChI=1S/C17H11Cl2FN2O3/c1-9-5-6-10(7-13(9)20)16-21-14(25-22-16)8-24-17(23)15-11(18)3-2-4-12(15)19/h2-7H,8H2,1H3. The zero-order valence-corrected chi connectivity index (χ0v) is 14.4. The number of hydrogen-bond acceptors (Lipinski definition) is 5. The maximum atomic E-state index is 13.6.